The van der Waals surface area contributed by atoms with Crippen LogP contribution in [-0.4, -0.2) is 24.4 Å². The van der Waals surface area contributed by atoms with Crippen molar-refractivity contribution in [3.63, 3.8) is 0 Å². The maximum absolute atomic E-state index is 11.5. The molecule has 0 aromatic rings. The second-order valence-electron chi connectivity index (χ2n) is 4.52. The fourth-order valence-electron chi connectivity index (χ4n) is 2.33. The Kier molecular flexibility index (Phi) is 4.21. The second kappa shape index (κ2) is 5.23. The summed E-state index contributed by atoms with van der Waals surface area (Å²) >= 11 is 0. The van der Waals surface area contributed by atoms with Crippen molar-refractivity contribution in [2.24, 2.45) is 22.9 Å². The van der Waals surface area contributed by atoms with Crippen molar-refractivity contribution in [1.29, 1.82) is 0 Å². The van der Waals surface area contributed by atoms with Crippen molar-refractivity contribution in [2.45, 2.75) is 33.6 Å². The van der Waals surface area contributed by atoms with Crippen LogP contribution in [0.4, 0.5) is 0 Å². The number of carbonyl (C=O) groups excluding carboxylic acids is 2. The van der Waals surface area contributed by atoms with Gasteiger partial charge in [0.05, 0.1) is 5.71 Å². The van der Waals surface area contributed by atoms with E-state index in [1.807, 2.05) is 6.92 Å². The minimum atomic E-state index is -0.100. The molecular weight excluding hydrogens is 206 g/mol. The molecule has 0 spiro atoms. The number of carbonyl (C=O) groups is 2. The van der Waals surface area contributed by atoms with E-state index < -0.39 is 0 Å². The van der Waals surface area contributed by atoms with Crippen molar-refractivity contribution in [2.75, 3.05) is 7.11 Å². The van der Waals surface area contributed by atoms with E-state index in [-0.39, 0.29) is 29.3 Å². The number of hydrogen-bond donors (Lipinski definition) is 0. The van der Waals surface area contributed by atoms with E-state index >= 15 is 0 Å². The Labute approximate surface area is 96.0 Å². The minimum absolute atomic E-state index is 0.0769. The number of Topliss-reactive ketones (excluding diaryl/α,β-unsaturated/α-hetero) is 2. The van der Waals surface area contributed by atoms with Gasteiger partial charge in [-0.25, -0.2) is 0 Å². The van der Waals surface area contributed by atoms with Crippen LogP contribution in [-0.2, 0) is 14.4 Å². The number of rotatable bonds is 3. The molecule has 0 aliphatic heterocycles. The van der Waals surface area contributed by atoms with E-state index in [1.54, 1.807) is 13.8 Å². The number of ketones is 2. The zero-order valence-electron chi connectivity index (χ0n) is 10.3. The van der Waals surface area contributed by atoms with Crippen LogP contribution in [0.5, 0.6) is 0 Å². The third-order valence-corrected chi connectivity index (χ3v) is 3.43. The molecule has 1 unspecified atom stereocenters. The third kappa shape index (κ3) is 2.68. The summed E-state index contributed by atoms with van der Waals surface area (Å²) in [6, 6.07) is 0. The summed E-state index contributed by atoms with van der Waals surface area (Å²) in [7, 11) is 1.49. The average Bonchev–Trinajstić information content (AvgIpc) is 2.20. The first-order valence-corrected chi connectivity index (χ1v) is 5.58. The highest BCUT2D eigenvalue weighted by Gasteiger charge is 2.37. The standard InChI is InChI=1S/C12H19NO3/c1-7-11(9(3)15)5-10(8(2)14)6-12(7)13-16-4/h7,10-11H,5-6H2,1-4H3/b13-12+/t7?,10-,11-/m0/s1. The first kappa shape index (κ1) is 12.9. The Morgan fingerprint density at radius 1 is 1.31 bits per heavy atom. The molecule has 3 atom stereocenters. The molecule has 0 heterocycles. The predicted molar refractivity (Wildman–Crippen MR) is 61.2 cm³/mol. The molecule has 4 nitrogen and oxygen atoms in total. The van der Waals surface area contributed by atoms with Crippen molar-refractivity contribution in [1.82, 2.24) is 0 Å². The lowest BCUT2D eigenvalue weighted by molar-refractivity contribution is -0.125. The molecule has 90 valence electrons. The quantitative estimate of drug-likeness (QED) is 0.688. The van der Waals surface area contributed by atoms with Crippen LogP contribution in [0.15, 0.2) is 5.16 Å². The SMILES string of the molecule is CO/N=C1\C[C@@H](C(C)=O)C[C@H](C(C)=O)C1C. The van der Waals surface area contributed by atoms with Gasteiger partial charge in [-0.05, 0) is 26.7 Å². The van der Waals surface area contributed by atoms with Crippen LogP contribution in [0.1, 0.15) is 33.6 Å². The summed E-state index contributed by atoms with van der Waals surface area (Å²) in [6.07, 6.45) is 1.27. The van der Waals surface area contributed by atoms with Crippen molar-refractivity contribution < 1.29 is 14.4 Å². The fourth-order valence-corrected chi connectivity index (χ4v) is 2.33. The Balaban J connectivity index is 2.92. The van der Waals surface area contributed by atoms with Crippen LogP contribution in [0.3, 0.4) is 0 Å². The fraction of sp³-hybridized carbons (Fsp3) is 0.750. The Bertz CT molecular complexity index is 322. The summed E-state index contributed by atoms with van der Waals surface area (Å²) in [5.41, 5.74) is 0.828. The molecule has 1 rings (SSSR count). The number of oxime groups is 1. The van der Waals surface area contributed by atoms with E-state index in [0.717, 1.165) is 5.71 Å². The molecule has 16 heavy (non-hydrogen) atoms. The van der Waals surface area contributed by atoms with Crippen LogP contribution < -0.4 is 0 Å². The third-order valence-electron chi connectivity index (χ3n) is 3.43. The second-order valence-corrected chi connectivity index (χ2v) is 4.52. The van der Waals surface area contributed by atoms with Gasteiger partial charge in [0.1, 0.15) is 18.7 Å². The summed E-state index contributed by atoms with van der Waals surface area (Å²) in [6.45, 7) is 5.12. The zero-order chi connectivity index (χ0) is 12.3. The lowest BCUT2D eigenvalue weighted by Crippen LogP contribution is -2.37. The van der Waals surface area contributed by atoms with Crippen LogP contribution in [0.25, 0.3) is 0 Å². The first-order chi connectivity index (χ1) is 7.47. The highest BCUT2D eigenvalue weighted by molar-refractivity contribution is 5.96. The van der Waals surface area contributed by atoms with Gasteiger partial charge in [-0.1, -0.05) is 12.1 Å². The first-order valence-electron chi connectivity index (χ1n) is 5.58. The smallest absolute Gasteiger partial charge is 0.133 e. The molecule has 0 N–H and O–H groups in total. The van der Waals surface area contributed by atoms with Crippen LogP contribution in [0.2, 0.25) is 0 Å². The van der Waals surface area contributed by atoms with Gasteiger partial charge in [0.15, 0.2) is 0 Å². The molecule has 1 fully saturated rings. The predicted octanol–water partition coefficient (Wildman–Crippen LogP) is 1.83. The van der Waals surface area contributed by atoms with Gasteiger partial charge >= 0.3 is 0 Å². The van der Waals surface area contributed by atoms with E-state index in [1.165, 1.54) is 7.11 Å². The van der Waals surface area contributed by atoms with Crippen molar-refractivity contribution >= 4 is 17.3 Å². The molecule has 0 aromatic carbocycles. The van der Waals surface area contributed by atoms with E-state index in [0.29, 0.717) is 12.8 Å². The molecule has 0 aromatic heterocycles. The highest BCUT2D eigenvalue weighted by atomic mass is 16.6. The largest absolute Gasteiger partial charge is 0.399 e. The van der Waals surface area contributed by atoms with Crippen LogP contribution >= 0.6 is 0 Å². The molecule has 1 aliphatic carbocycles. The van der Waals surface area contributed by atoms with Crippen molar-refractivity contribution in [3.05, 3.63) is 0 Å². The molecule has 1 aliphatic rings. The Morgan fingerprint density at radius 2 is 1.94 bits per heavy atom. The summed E-state index contributed by atoms with van der Waals surface area (Å²) in [5, 5.41) is 3.94. The molecule has 0 amide bonds. The summed E-state index contributed by atoms with van der Waals surface area (Å²) < 4.78 is 0. The summed E-state index contributed by atoms with van der Waals surface area (Å²) in [4.78, 5) is 27.7. The lowest BCUT2D eigenvalue weighted by atomic mass is 9.71. The van der Waals surface area contributed by atoms with Gasteiger partial charge < -0.3 is 4.84 Å². The van der Waals surface area contributed by atoms with Crippen LogP contribution in [0, 0.1) is 17.8 Å². The number of hydrogen-bond acceptors (Lipinski definition) is 4. The Hall–Kier alpha value is -1.19. The van der Waals surface area contributed by atoms with Gasteiger partial charge in [0.25, 0.3) is 0 Å². The van der Waals surface area contributed by atoms with Gasteiger partial charge in [-0.2, -0.15) is 0 Å². The van der Waals surface area contributed by atoms with Gasteiger partial charge in [-0.3, -0.25) is 9.59 Å². The molecule has 0 bridgehead atoms. The Morgan fingerprint density at radius 3 is 2.38 bits per heavy atom. The molecule has 4 heteroatoms. The maximum Gasteiger partial charge on any atom is 0.133 e. The van der Waals surface area contributed by atoms with Gasteiger partial charge in [0.2, 0.25) is 0 Å². The van der Waals surface area contributed by atoms with Gasteiger partial charge in [-0.15, -0.1) is 0 Å². The number of nitrogens with zero attached hydrogens (tertiary/aromatic N) is 1. The maximum atomic E-state index is 11.5. The monoisotopic (exact) mass is 225 g/mol. The molecular formula is C12H19NO3. The topological polar surface area (TPSA) is 55.7 Å². The van der Waals surface area contributed by atoms with Crippen molar-refractivity contribution in [3.8, 4) is 0 Å². The average molecular weight is 225 g/mol. The van der Waals surface area contributed by atoms with E-state index in [4.69, 9.17) is 4.84 Å². The highest BCUT2D eigenvalue weighted by Crippen LogP contribution is 2.33. The molecule has 1 saturated carbocycles. The summed E-state index contributed by atoms with van der Waals surface area (Å²) in [5.74, 6) is 0.146. The minimum Gasteiger partial charge on any atom is -0.399 e. The normalized spacial score (nSPS) is 32.5. The van der Waals surface area contributed by atoms with E-state index in [2.05, 4.69) is 5.16 Å². The van der Waals surface area contributed by atoms with Gasteiger partial charge in [0, 0.05) is 17.8 Å². The molecule has 0 radical (unpaired) electrons. The van der Waals surface area contributed by atoms with E-state index in [9.17, 15) is 9.59 Å². The molecule has 0 saturated heterocycles. The zero-order valence-corrected chi connectivity index (χ0v) is 10.3. The lowest BCUT2D eigenvalue weighted by Gasteiger charge is -2.32.